The van der Waals surface area contributed by atoms with Gasteiger partial charge >= 0.3 is 0 Å². The minimum absolute atomic E-state index is 0.0406. The second-order valence-corrected chi connectivity index (χ2v) is 6.08. The third-order valence-corrected chi connectivity index (χ3v) is 4.29. The van der Waals surface area contributed by atoms with Crippen LogP contribution in [0.5, 0.6) is 11.5 Å². The number of anilines is 2. The molecule has 1 aliphatic heterocycles. The highest BCUT2D eigenvalue weighted by Crippen LogP contribution is 2.31. The van der Waals surface area contributed by atoms with E-state index in [1.807, 2.05) is 48.5 Å². The maximum Gasteiger partial charge on any atom is 0.262 e. The first kappa shape index (κ1) is 17.1. The van der Waals surface area contributed by atoms with E-state index in [9.17, 15) is 4.79 Å². The van der Waals surface area contributed by atoms with Gasteiger partial charge in [0, 0.05) is 18.8 Å². The monoisotopic (exact) mass is 340 g/mol. The zero-order chi connectivity index (χ0) is 17.5. The average molecular weight is 340 g/mol. The number of hydrogen-bond acceptors (Lipinski definition) is 4. The zero-order valence-electron chi connectivity index (χ0n) is 14.5. The number of amides is 1. The minimum Gasteiger partial charge on any atom is -0.495 e. The summed E-state index contributed by atoms with van der Waals surface area (Å²) in [5, 5.41) is 2.90. The van der Waals surface area contributed by atoms with Crippen molar-refractivity contribution in [3.05, 3.63) is 48.5 Å². The van der Waals surface area contributed by atoms with Gasteiger partial charge in [0.25, 0.3) is 5.91 Å². The number of nitrogens with one attached hydrogen (secondary N) is 1. The van der Waals surface area contributed by atoms with Crippen LogP contribution in [0, 0.1) is 0 Å². The van der Waals surface area contributed by atoms with Crippen LogP contribution in [0.1, 0.15) is 19.3 Å². The van der Waals surface area contributed by atoms with Gasteiger partial charge in [-0.3, -0.25) is 4.79 Å². The van der Waals surface area contributed by atoms with Crippen molar-refractivity contribution >= 4 is 17.3 Å². The summed E-state index contributed by atoms with van der Waals surface area (Å²) < 4.78 is 10.9. The summed E-state index contributed by atoms with van der Waals surface area (Å²) in [6, 6.07) is 15.2. The molecule has 25 heavy (non-hydrogen) atoms. The van der Waals surface area contributed by atoms with Crippen molar-refractivity contribution in [2.75, 3.05) is 37.0 Å². The highest BCUT2D eigenvalue weighted by atomic mass is 16.5. The molecule has 5 nitrogen and oxygen atoms in total. The molecule has 0 spiro atoms. The van der Waals surface area contributed by atoms with Crippen LogP contribution >= 0.6 is 0 Å². The van der Waals surface area contributed by atoms with Crippen LogP contribution in [0.15, 0.2) is 48.5 Å². The number of methoxy groups -OCH3 is 1. The molecular formula is C20H24N2O3. The van der Waals surface area contributed by atoms with Crippen molar-refractivity contribution in [3.8, 4) is 11.5 Å². The Morgan fingerprint density at radius 2 is 1.84 bits per heavy atom. The minimum atomic E-state index is -0.210. The average Bonchev–Trinajstić information content (AvgIpc) is 2.68. The van der Waals surface area contributed by atoms with Crippen molar-refractivity contribution in [2.24, 2.45) is 0 Å². The van der Waals surface area contributed by atoms with Crippen molar-refractivity contribution < 1.29 is 14.3 Å². The van der Waals surface area contributed by atoms with E-state index in [1.54, 1.807) is 7.11 Å². The summed E-state index contributed by atoms with van der Waals surface area (Å²) in [5.41, 5.74) is 1.78. The van der Waals surface area contributed by atoms with Gasteiger partial charge in [-0.15, -0.1) is 0 Å². The Morgan fingerprint density at radius 1 is 1.08 bits per heavy atom. The lowest BCUT2D eigenvalue weighted by Gasteiger charge is -2.29. The first-order chi connectivity index (χ1) is 12.3. The van der Waals surface area contributed by atoms with Gasteiger partial charge in [0.05, 0.1) is 12.8 Å². The SMILES string of the molecule is COc1ccc(N2CCCCC2)cc1NC(=O)COc1ccccc1. The Morgan fingerprint density at radius 3 is 2.56 bits per heavy atom. The standard InChI is InChI=1S/C20H24N2O3/c1-24-19-11-10-16(22-12-6-3-7-13-22)14-18(19)21-20(23)15-25-17-8-4-2-5-9-17/h2,4-5,8-11,14H,3,6-7,12-13,15H2,1H3,(H,21,23). The van der Waals surface area contributed by atoms with Gasteiger partial charge in [-0.1, -0.05) is 18.2 Å². The van der Waals surface area contributed by atoms with Gasteiger partial charge in [0.1, 0.15) is 11.5 Å². The lowest BCUT2D eigenvalue weighted by molar-refractivity contribution is -0.118. The topological polar surface area (TPSA) is 50.8 Å². The summed E-state index contributed by atoms with van der Waals surface area (Å²) in [6.07, 6.45) is 3.70. The molecule has 1 heterocycles. The molecule has 0 aromatic heterocycles. The van der Waals surface area contributed by atoms with Crippen LogP contribution in [-0.4, -0.2) is 32.7 Å². The van der Waals surface area contributed by atoms with Crippen LogP contribution in [0.25, 0.3) is 0 Å². The number of carbonyl (C=O) groups is 1. The van der Waals surface area contributed by atoms with Gasteiger partial charge in [-0.25, -0.2) is 0 Å². The molecule has 5 heteroatoms. The Labute approximate surface area is 148 Å². The highest BCUT2D eigenvalue weighted by molar-refractivity contribution is 5.94. The number of benzene rings is 2. The van der Waals surface area contributed by atoms with E-state index in [0.29, 0.717) is 17.2 Å². The molecule has 3 rings (SSSR count). The van der Waals surface area contributed by atoms with Crippen LogP contribution in [0.3, 0.4) is 0 Å². The first-order valence-electron chi connectivity index (χ1n) is 8.67. The van der Waals surface area contributed by atoms with Crippen LogP contribution in [0.2, 0.25) is 0 Å². The van der Waals surface area contributed by atoms with E-state index in [0.717, 1.165) is 18.8 Å². The van der Waals surface area contributed by atoms with E-state index in [4.69, 9.17) is 9.47 Å². The molecule has 0 unspecified atom stereocenters. The maximum absolute atomic E-state index is 12.2. The molecule has 0 atom stereocenters. The fraction of sp³-hybridized carbons (Fsp3) is 0.350. The summed E-state index contributed by atoms with van der Waals surface area (Å²) in [5.74, 6) is 1.11. The predicted molar refractivity (Wildman–Crippen MR) is 99.6 cm³/mol. The van der Waals surface area contributed by atoms with Gasteiger partial charge in [0.2, 0.25) is 0 Å². The predicted octanol–water partition coefficient (Wildman–Crippen LogP) is 3.70. The van der Waals surface area contributed by atoms with Gasteiger partial charge in [-0.05, 0) is 49.6 Å². The van der Waals surface area contributed by atoms with Gasteiger partial charge < -0.3 is 19.7 Å². The highest BCUT2D eigenvalue weighted by Gasteiger charge is 2.14. The Hall–Kier alpha value is -2.69. The second-order valence-electron chi connectivity index (χ2n) is 6.08. The third kappa shape index (κ3) is 4.66. The molecule has 132 valence electrons. The molecule has 1 aliphatic rings. The molecule has 2 aromatic carbocycles. The Kier molecular flexibility index (Phi) is 5.77. The summed E-state index contributed by atoms with van der Waals surface area (Å²) in [4.78, 5) is 14.6. The molecule has 0 bridgehead atoms. The van der Waals surface area contributed by atoms with Crippen molar-refractivity contribution in [2.45, 2.75) is 19.3 Å². The largest absolute Gasteiger partial charge is 0.495 e. The van der Waals surface area contributed by atoms with Gasteiger partial charge in [-0.2, -0.15) is 0 Å². The molecule has 0 aliphatic carbocycles. The molecule has 0 saturated carbocycles. The Bertz CT molecular complexity index is 697. The molecular weight excluding hydrogens is 316 g/mol. The zero-order valence-corrected chi connectivity index (χ0v) is 14.5. The first-order valence-corrected chi connectivity index (χ1v) is 8.67. The quantitative estimate of drug-likeness (QED) is 0.871. The molecule has 0 radical (unpaired) electrons. The van der Waals surface area contributed by atoms with Gasteiger partial charge in [0.15, 0.2) is 6.61 Å². The van der Waals surface area contributed by atoms with E-state index in [-0.39, 0.29) is 12.5 Å². The summed E-state index contributed by atoms with van der Waals surface area (Å²) >= 11 is 0. The molecule has 1 saturated heterocycles. The molecule has 2 aromatic rings. The van der Waals surface area contributed by atoms with E-state index >= 15 is 0 Å². The van der Waals surface area contributed by atoms with Crippen LogP contribution < -0.4 is 19.7 Å². The number of piperidine rings is 1. The number of hydrogen-bond donors (Lipinski definition) is 1. The number of carbonyl (C=O) groups excluding carboxylic acids is 1. The lowest BCUT2D eigenvalue weighted by atomic mass is 10.1. The van der Waals surface area contributed by atoms with Crippen molar-refractivity contribution in [3.63, 3.8) is 0 Å². The van der Waals surface area contributed by atoms with Crippen molar-refractivity contribution in [1.82, 2.24) is 0 Å². The summed E-state index contributed by atoms with van der Waals surface area (Å²) in [7, 11) is 1.60. The van der Waals surface area contributed by atoms with E-state index < -0.39 is 0 Å². The molecule has 1 amide bonds. The number of ether oxygens (including phenoxy) is 2. The second kappa shape index (κ2) is 8.42. The van der Waals surface area contributed by atoms with E-state index in [2.05, 4.69) is 10.2 Å². The molecule has 1 N–H and O–H groups in total. The maximum atomic E-state index is 12.2. The van der Waals surface area contributed by atoms with Crippen molar-refractivity contribution in [1.29, 1.82) is 0 Å². The molecule has 1 fully saturated rings. The third-order valence-electron chi connectivity index (χ3n) is 4.29. The number of rotatable bonds is 6. The summed E-state index contributed by atoms with van der Waals surface area (Å²) in [6.45, 7) is 2.06. The smallest absolute Gasteiger partial charge is 0.262 e. The van der Waals surface area contributed by atoms with Crippen LogP contribution in [-0.2, 0) is 4.79 Å². The Balaban J connectivity index is 1.66. The fourth-order valence-corrected chi connectivity index (χ4v) is 2.99. The van der Waals surface area contributed by atoms with E-state index in [1.165, 1.54) is 19.3 Å². The number of para-hydroxylation sites is 1. The fourth-order valence-electron chi connectivity index (χ4n) is 2.99. The van der Waals surface area contributed by atoms with Crippen LogP contribution in [0.4, 0.5) is 11.4 Å². The number of nitrogens with zero attached hydrogens (tertiary/aromatic N) is 1. The normalized spacial score (nSPS) is 14.0. The lowest BCUT2D eigenvalue weighted by Crippen LogP contribution is -2.29.